The molecule has 0 radical (unpaired) electrons. The molecule has 1 rings (SSSR count). The molecule has 0 saturated carbocycles. The highest BCUT2D eigenvalue weighted by molar-refractivity contribution is 5.74. The van der Waals surface area contributed by atoms with Crippen molar-refractivity contribution >= 4 is 6.03 Å². The topological polar surface area (TPSA) is 52.6 Å². The van der Waals surface area contributed by atoms with Crippen LogP contribution in [-0.2, 0) is 0 Å². The summed E-state index contributed by atoms with van der Waals surface area (Å²) in [7, 11) is 0. The number of nitrogens with zero attached hydrogens (tertiary/aromatic N) is 1. The van der Waals surface area contributed by atoms with E-state index in [1.807, 2.05) is 4.90 Å². The minimum atomic E-state index is 0.0397. The molecule has 1 fully saturated rings. The van der Waals surface area contributed by atoms with Crippen molar-refractivity contribution < 1.29 is 9.90 Å². The van der Waals surface area contributed by atoms with Gasteiger partial charge in [-0.3, -0.25) is 0 Å². The predicted octanol–water partition coefficient (Wildman–Crippen LogP) is 2.62. The van der Waals surface area contributed by atoms with Crippen LogP contribution in [0.1, 0.15) is 52.9 Å². The molecule has 0 bridgehead atoms. The van der Waals surface area contributed by atoms with E-state index in [1.54, 1.807) is 0 Å². The molecule has 2 amide bonds. The molecule has 0 aromatic rings. The van der Waals surface area contributed by atoms with Crippen molar-refractivity contribution in [3.8, 4) is 0 Å². The van der Waals surface area contributed by atoms with Gasteiger partial charge in [0.1, 0.15) is 0 Å². The second-order valence-corrected chi connectivity index (χ2v) is 5.86. The summed E-state index contributed by atoms with van der Waals surface area (Å²) in [6.45, 7) is 9.05. The van der Waals surface area contributed by atoms with Gasteiger partial charge in [0.05, 0.1) is 0 Å². The standard InChI is InChI=1S/C15H30N2O2/c1-4-15(5-2,6-3)12-16-14(19)17-9-7-8-13(10-17)11-18/h13,18H,4-12H2,1-3H3,(H,16,19). The highest BCUT2D eigenvalue weighted by atomic mass is 16.3. The van der Waals surface area contributed by atoms with Gasteiger partial charge < -0.3 is 15.3 Å². The quantitative estimate of drug-likeness (QED) is 0.779. The highest BCUT2D eigenvalue weighted by Gasteiger charge is 2.27. The van der Waals surface area contributed by atoms with Gasteiger partial charge in [0, 0.05) is 26.2 Å². The highest BCUT2D eigenvalue weighted by Crippen LogP contribution is 2.29. The number of carbonyl (C=O) groups is 1. The van der Waals surface area contributed by atoms with E-state index >= 15 is 0 Å². The Bertz CT molecular complexity index is 269. The molecular weight excluding hydrogens is 240 g/mol. The van der Waals surface area contributed by atoms with Crippen molar-refractivity contribution in [2.45, 2.75) is 52.9 Å². The zero-order valence-corrected chi connectivity index (χ0v) is 12.7. The molecule has 0 aliphatic carbocycles. The maximum atomic E-state index is 12.2. The number of likely N-dealkylation sites (tertiary alicyclic amines) is 1. The van der Waals surface area contributed by atoms with Crippen LogP contribution >= 0.6 is 0 Å². The van der Waals surface area contributed by atoms with E-state index < -0.39 is 0 Å². The van der Waals surface area contributed by atoms with E-state index in [-0.39, 0.29) is 24.0 Å². The van der Waals surface area contributed by atoms with Crippen LogP contribution in [0, 0.1) is 11.3 Å². The molecule has 1 unspecified atom stereocenters. The lowest BCUT2D eigenvalue weighted by Crippen LogP contribution is -2.48. The summed E-state index contributed by atoms with van der Waals surface area (Å²) in [5.74, 6) is 0.257. The number of urea groups is 1. The van der Waals surface area contributed by atoms with Gasteiger partial charge in [0.2, 0.25) is 0 Å². The Kier molecular flexibility index (Phi) is 6.63. The lowest BCUT2D eigenvalue weighted by Gasteiger charge is -2.35. The van der Waals surface area contributed by atoms with Gasteiger partial charge in [-0.15, -0.1) is 0 Å². The summed E-state index contributed by atoms with van der Waals surface area (Å²) in [4.78, 5) is 14.0. The van der Waals surface area contributed by atoms with Crippen LogP contribution in [0.5, 0.6) is 0 Å². The first kappa shape index (κ1) is 16.3. The fraction of sp³-hybridized carbons (Fsp3) is 0.933. The van der Waals surface area contributed by atoms with Crippen molar-refractivity contribution in [1.82, 2.24) is 10.2 Å². The van der Waals surface area contributed by atoms with E-state index in [0.717, 1.165) is 45.2 Å². The van der Waals surface area contributed by atoms with Crippen LogP contribution in [0.3, 0.4) is 0 Å². The smallest absolute Gasteiger partial charge is 0.317 e. The van der Waals surface area contributed by atoms with Gasteiger partial charge in [-0.2, -0.15) is 0 Å². The molecule has 4 nitrogen and oxygen atoms in total. The van der Waals surface area contributed by atoms with Crippen LogP contribution in [0.2, 0.25) is 0 Å². The van der Waals surface area contributed by atoms with Crippen LogP contribution in [0.15, 0.2) is 0 Å². The van der Waals surface area contributed by atoms with E-state index in [0.29, 0.717) is 6.54 Å². The maximum absolute atomic E-state index is 12.2. The molecule has 0 spiro atoms. The second kappa shape index (κ2) is 7.73. The molecule has 19 heavy (non-hydrogen) atoms. The molecule has 1 aliphatic rings. The number of hydrogen-bond acceptors (Lipinski definition) is 2. The average molecular weight is 270 g/mol. The average Bonchev–Trinajstić information content (AvgIpc) is 2.49. The number of aliphatic hydroxyl groups is 1. The van der Waals surface area contributed by atoms with Gasteiger partial charge >= 0.3 is 6.03 Å². The molecular formula is C15H30N2O2. The Hall–Kier alpha value is -0.770. The number of aliphatic hydroxyl groups excluding tert-OH is 1. The van der Waals surface area contributed by atoms with Crippen molar-refractivity contribution in [1.29, 1.82) is 0 Å². The molecule has 1 atom stereocenters. The first-order valence-corrected chi connectivity index (χ1v) is 7.74. The SMILES string of the molecule is CCC(CC)(CC)CNC(=O)N1CCCC(CO)C1. The first-order valence-electron chi connectivity index (χ1n) is 7.74. The Morgan fingerprint density at radius 1 is 1.32 bits per heavy atom. The molecule has 1 heterocycles. The van der Waals surface area contributed by atoms with Crippen molar-refractivity contribution in [2.24, 2.45) is 11.3 Å². The minimum Gasteiger partial charge on any atom is -0.396 e. The maximum Gasteiger partial charge on any atom is 0.317 e. The fourth-order valence-corrected chi connectivity index (χ4v) is 2.90. The van der Waals surface area contributed by atoms with Crippen molar-refractivity contribution in [2.75, 3.05) is 26.2 Å². The van der Waals surface area contributed by atoms with Gasteiger partial charge in [0.15, 0.2) is 0 Å². The second-order valence-electron chi connectivity index (χ2n) is 5.86. The van der Waals surface area contributed by atoms with E-state index in [1.165, 1.54) is 0 Å². The molecule has 0 aromatic heterocycles. The molecule has 1 aliphatic heterocycles. The number of nitrogens with one attached hydrogen (secondary N) is 1. The van der Waals surface area contributed by atoms with E-state index in [4.69, 9.17) is 0 Å². The van der Waals surface area contributed by atoms with Crippen molar-refractivity contribution in [3.05, 3.63) is 0 Å². The summed E-state index contributed by atoms with van der Waals surface area (Å²) in [5.41, 5.74) is 0.238. The number of piperidine rings is 1. The Morgan fingerprint density at radius 3 is 2.47 bits per heavy atom. The third kappa shape index (κ3) is 4.37. The summed E-state index contributed by atoms with van der Waals surface area (Å²) in [6.07, 6.45) is 5.32. The Balaban J connectivity index is 2.46. The molecule has 1 saturated heterocycles. The van der Waals surface area contributed by atoms with Crippen LogP contribution in [0.4, 0.5) is 4.79 Å². The third-order valence-electron chi connectivity index (χ3n) is 4.93. The van der Waals surface area contributed by atoms with E-state index in [9.17, 15) is 9.90 Å². The van der Waals surface area contributed by atoms with Crippen LogP contribution < -0.4 is 5.32 Å². The van der Waals surface area contributed by atoms with Crippen LogP contribution in [0.25, 0.3) is 0 Å². The zero-order valence-electron chi connectivity index (χ0n) is 12.7. The Morgan fingerprint density at radius 2 is 1.95 bits per heavy atom. The molecule has 112 valence electrons. The third-order valence-corrected chi connectivity index (χ3v) is 4.93. The summed E-state index contributed by atoms with van der Waals surface area (Å²) >= 11 is 0. The monoisotopic (exact) mass is 270 g/mol. The number of hydrogen-bond donors (Lipinski definition) is 2. The lowest BCUT2D eigenvalue weighted by molar-refractivity contribution is 0.125. The van der Waals surface area contributed by atoms with Crippen LogP contribution in [-0.4, -0.2) is 42.3 Å². The normalized spacial score (nSPS) is 20.4. The summed E-state index contributed by atoms with van der Waals surface area (Å²) < 4.78 is 0. The van der Waals surface area contributed by atoms with Gasteiger partial charge in [-0.1, -0.05) is 20.8 Å². The Labute approximate surface area is 117 Å². The molecule has 0 aromatic carbocycles. The predicted molar refractivity (Wildman–Crippen MR) is 78.1 cm³/mol. The number of carbonyl (C=O) groups excluding carboxylic acids is 1. The molecule has 4 heteroatoms. The zero-order chi connectivity index (χ0) is 14.3. The van der Waals surface area contributed by atoms with Gasteiger partial charge in [-0.25, -0.2) is 4.79 Å². The number of amides is 2. The largest absolute Gasteiger partial charge is 0.396 e. The lowest BCUT2D eigenvalue weighted by atomic mass is 9.80. The molecule has 2 N–H and O–H groups in total. The minimum absolute atomic E-state index is 0.0397. The van der Waals surface area contributed by atoms with Gasteiger partial charge in [0.25, 0.3) is 0 Å². The first-order chi connectivity index (χ1) is 9.10. The van der Waals surface area contributed by atoms with E-state index in [2.05, 4.69) is 26.1 Å². The summed E-state index contributed by atoms with van der Waals surface area (Å²) in [6, 6.07) is 0.0397. The number of rotatable bonds is 6. The van der Waals surface area contributed by atoms with Gasteiger partial charge in [-0.05, 0) is 43.4 Å². The summed E-state index contributed by atoms with van der Waals surface area (Å²) in [5, 5.41) is 12.3. The van der Waals surface area contributed by atoms with Crippen molar-refractivity contribution in [3.63, 3.8) is 0 Å². The fourth-order valence-electron chi connectivity index (χ4n) is 2.90.